The van der Waals surface area contributed by atoms with Crippen molar-refractivity contribution < 1.29 is 18.9 Å². The van der Waals surface area contributed by atoms with E-state index in [1.165, 1.54) is 0 Å². The number of halogens is 1. The van der Waals surface area contributed by atoms with Gasteiger partial charge in [0, 0.05) is 11.3 Å². The monoisotopic (exact) mass is 428 g/mol. The fraction of sp³-hybridized carbons (Fsp3) is 0.200. The van der Waals surface area contributed by atoms with E-state index in [2.05, 4.69) is 0 Å². The van der Waals surface area contributed by atoms with E-state index in [1.807, 2.05) is 55.5 Å². The molecule has 6 nitrogen and oxygen atoms in total. The summed E-state index contributed by atoms with van der Waals surface area (Å²) in [6, 6.07) is 18.6. The lowest BCUT2D eigenvalue weighted by Gasteiger charge is -2.52. The largest absolute Gasteiger partial charge is 0.296 e. The Balaban J connectivity index is 1.61. The molecular formula is C25H17FN2O4. The van der Waals surface area contributed by atoms with Crippen molar-refractivity contribution in [2.75, 3.05) is 4.90 Å². The smallest absolute Gasteiger partial charge is 0.274 e. The summed E-state index contributed by atoms with van der Waals surface area (Å²) < 4.78 is 13.7. The molecule has 32 heavy (non-hydrogen) atoms. The molecular weight excluding hydrogens is 411 g/mol. The van der Waals surface area contributed by atoms with E-state index in [9.17, 15) is 24.1 Å². The zero-order chi connectivity index (χ0) is 22.4. The van der Waals surface area contributed by atoms with E-state index in [4.69, 9.17) is 0 Å². The van der Waals surface area contributed by atoms with Crippen molar-refractivity contribution in [2.45, 2.75) is 18.3 Å². The molecule has 1 aliphatic heterocycles. The minimum Gasteiger partial charge on any atom is -0.274 e. The van der Waals surface area contributed by atoms with Crippen LogP contribution in [0.25, 0.3) is 0 Å². The zero-order valence-electron chi connectivity index (χ0n) is 17.0. The number of rotatable bonds is 2. The van der Waals surface area contributed by atoms with Crippen LogP contribution in [0.15, 0.2) is 66.7 Å². The molecule has 0 unspecified atom stereocenters. The van der Waals surface area contributed by atoms with Gasteiger partial charge in [0.1, 0.15) is 11.5 Å². The molecule has 1 saturated heterocycles. The Bertz CT molecular complexity index is 1320. The van der Waals surface area contributed by atoms with Crippen LogP contribution in [0.3, 0.4) is 0 Å². The fourth-order valence-electron chi connectivity index (χ4n) is 6.22. The van der Waals surface area contributed by atoms with Gasteiger partial charge in [-0.25, -0.2) is 9.29 Å². The summed E-state index contributed by atoms with van der Waals surface area (Å²) in [5.41, 5.74) is 2.47. The number of hydrogen-bond donors (Lipinski definition) is 0. The average molecular weight is 428 g/mol. The first kappa shape index (κ1) is 18.9. The Labute approximate surface area is 182 Å². The highest BCUT2D eigenvalue weighted by Gasteiger charge is 2.66. The first-order chi connectivity index (χ1) is 15.4. The van der Waals surface area contributed by atoms with Crippen LogP contribution in [-0.4, -0.2) is 16.7 Å². The number of imide groups is 1. The lowest BCUT2D eigenvalue weighted by molar-refractivity contribution is -0.384. The molecule has 4 aliphatic rings. The molecule has 0 aromatic heterocycles. The van der Waals surface area contributed by atoms with Crippen LogP contribution in [0.2, 0.25) is 0 Å². The molecule has 0 saturated carbocycles. The van der Waals surface area contributed by atoms with Crippen molar-refractivity contribution in [3.8, 4) is 0 Å². The van der Waals surface area contributed by atoms with Crippen LogP contribution in [0.1, 0.15) is 35.1 Å². The number of benzene rings is 3. The average Bonchev–Trinajstić information content (AvgIpc) is 3.06. The summed E-state index contributed by atoms with van der Waals surface area (Å²) in [5.74, 6) is -3.46. The van der Waals surface area contributed by atoms with Gasteiger partial charge >= 0.3 is 0 Å². The molecule has 7 rings (SSSR count). The third-order valence-electron chi connectivity index (χ3n) is 7.42. The number of nitro groups is 1. The quantitative estimate of drug-likeness (QED) is 0.346. The zero-order valence-corrected chi connectivity index (χ0v) is 17.0. The molecule has 0 spiro atoms. The van der Waals surface area contributed by atoms with Gasteiger partial charge in [-0.05, 0) is 34.4 Å². The van der Waals surface area contributed by atoms with Crippen LogP contribution >= 0.6 is 0 Å². The van der Waals surface area contributed by atoms with Crippen LogP contribution in [-0.2, 0) is 15.0 Å². The fourth-order valence-corrected chi connectivity index (χ4v) is 6.22. The number of hydrogen-bond acceptors (Lipinski definition) is 4. The first-order valence-corrected chi connectivity index (χ1v) is 10.4. The highest BCUT2D eigenvalue weighted by atomic mass is 19.1. The highest BCUT2D eigenvalue weighted by molar-refractivity contribution is 6.24. The van der Waals surface area contributed by atoms with Gasteiger partial charge < -0.3 is 0 Å². The van der Waals surface area contributed by atoms with Gasteiger partial charge in [-0.15, -0.1) is 0 Å². The third kappa shape index (κ3) is 2.08. The number of carbonyl (C=O) groups excluding carboxylic acids is 2. The SMILES string of the molecule is CC12c3ccccc3C(c3ccccc31)[C@H]1C(=O)N(c3ccc(F)cc3[N+](=O)[O-])C(=O)[C@H]12. The summed E-state index contributed by atoms with van der Waals surface area (Å²) in [7, 11) is 0. The Morgan fingerprint density at radius 1 is 0.938 bits per heavy atom. The molecule has 2 amide bonds. The second kappa shape index (κ2) is 6.09. The topological polar surface area (TPSA) is 80.5 Å². The van der Waals surface area contributed by atoms with Gasteiger partial charge in [0.15, 0.2) is 0 Å². The maximum absolute atomic E-state index is 13.8. The van der Waals surface area contributed by atoms with Gasteiger partial charge in [0.2, 0.25) is 11.8 Å². The Morgan fingerprint density at radius 3 is 2.12 bits per heavy atom. The van der Waals surface area contributed by atoms with E-state index in [0.717, 1.165) is 45.4 Å². The minimum absolute atomic E-state index is 0.183. The van der Waals surface area contributed by atoms with Crippen LogP contribution in [0, 0.1) is 27.8 Å². The van der Waals surface area contributed by atoms with E-state index >= 15 is 0 Å². The van der Waals surface area contributed by atoms with Crippen molar-refractivity contribution in [1.82, 2.24) is 0 Å². The third-order valence-corrected chi connectivity index (χ3v) is 7.42. The Morgan fingerprint density at radius 2 is 1.53 bits per heavy atom. The standard InChI is InChI=1S/C25H17FN2O4/c1-25-16-8-4-2-6-14(16)20(15-7-3-5-9-17(15)25)21-22(25)24(30)27(23(21)29)18-11-10-13(26)12-19(18)28(31)32/h2-12,20-22H,1H3/t20?,21-,22+,25?/m1/s1. The highest BCUT2D eigenvalue weighted by Crippen LogP contribution is 2.64. The first-order valence-electron chi connectivity index (χ1n) is 10.4. The number of anilines is 1. The van der Waals surface area contributed by atoms with Crippen molar-refractivity contribution in [2.24, 2.45) is 11.8 Å². The number of amides is 2. The number of nitro benzene ring substituents is 1. The van der Waals surface area contributed by atoms with E-state index < -0.39 is 45.5 Å². The molecule has 2 atom stereocenters. The van der Waals surface area contributed by atoms with Crippen LogP contribution < -0.4 is 4.90 Å². The molecule has 3 aromatic rings. The van der Waals surface area contributed by atoms with Crippen LogP contribution in [0.5, 0.6) is 0 Å². The molecule has 1 fully saturated rings. The van der Waals surface area contributed by atoms with Crippen LogP contribution in [0.4, 0.5) is 15.8 Å². The maximum atomic E-state index is 13.8. The molecule has 0 radical (unpaired) electrons. The van der Waals surface area contributed by atoms with Crippen molar-refractivity contribution in [3.63, 3.8) is 0 Å². The maximum Gasteiger partial charge on any atom is 0.296 e. The molecule has 2 bridgehead atoms. The minimum atomic E-state index is -0.802. The molecule has 7 heteroatoms. The Hall–Kier alpha value is -3.87. The molecule has 1 heterocycles. The summed E-state index contributed by atoms with van der Waals surface area (Å²) in [5, 5.41) is 11.6. The van der Waals surface area contributed by atoms with Gasteiger partial charge in [-0.1, -0.05) is 55.5 Å². The second-order valence-corrected chi connectivity index (χ2v) is 8.76. The summed E-state index contributed by atoms with van der Waals surface area (Å²) >= 11 is 0. The normalized spacial score (nSPS) is 27.2. The van der Waals surface area contributed by atoms with E-state index in [0.29, 0.717) is 0 Å². The summed E-state index contributed by atoms with van der Waals surface area (Å²) in [6.45, 7) is 1.98. The number of nitrogens with zero attached hydrogens (tertiary/aromatic N) is 2. The van der Waals surface area contributed by atoms with Gasteiger partial charge in [-0.2, -0.15) is 0 Å². The predicted molar refractivity (Wildman–Crippen MR) is 114 cm³/mol. The van der Waals surface area contributed by atoms with Gasteiger partial charge in [-0.3, -0.25) is 19.7 Å². The summed E-state index contributed by atoms with van der Waals surface area (Å²) in [6.07, 6.45) is 0. The van der Waals surface area contributed by atoms with Gasteiger partial charge in [0.25, 0.3) is 5.69 Å². The van der Waals surface area contributed by atoms with Crippen molar-refractivity contribution in [3.05, 3.63) is 105 Å². The van der Waals surface area contributed by atoms with E-state index in [-0.39, 0.29) is 11.6 Å². The Kier molecular flexibility index (Phi) is 3.59. The van der Waals surface area contributed by atoms with Crippen molar-refractivity contribution in [1.29, 1.82) is 0 Å². The lowest BCUT2D eigenvalue weighted by atomic mass is 9.48. The molecule has 3 aliphatic carbocycles. The van der Waals surface area contributed by atoms with Gasteiger partial charge in [0.05, 0.1) is 22.8 Å². The molecule has 3 aromatic carbocycles. The van der Waals surface area contributed by atoms with Crippen molar-refractivity contribution >= 4 is 23.2 Å². The number of carbonyl (C=O) groups is 2. The molecule has 0 N–H and O–H groups in total. The molecule has 158 valence electrons. The van der Waals surface area contributed by atoms with E-state index in [1.54, 1.807) is 0 Å². The lowest BCUT2D eigenvalue weighted by Crippen LogP contribution is -2.51. The second-order valence-electron chi connectivity index (χ2n) is 8.76. The predicted octanol–water partition coefficient (Wildman–Crippen LogP) is 4.30. The summed E-state index contributed by atoms with van der Waals surface area (Å²) in [4.78, 5) is 39.3.